The predicted molar refractivity (Wildman–Crippen MR) is 77.5 cm³/mol. The van der Waals surface area contributed by atoms with E-state index in [1.807, 2.05) is 6.07 Å². The highest BCUT2D eigenvalue weighted by Crippen LogP contribution is 2.15. The first kappa shape index (κ1) is 17.8. The van der Waals surface area contributed by atoms with E-state index < -0.39 is 23.6 Å². The van der Waals surface area contributed by atoms with Gasteiger partial charge in [0.25, 0.3) is 0 Å². The molecule has 3 amide bonds. The summed E-state index contributed by atoms with van der Waals surface area (Å²) < 4.78 is 4.99. The summed E-state index contributed by atoms with van der Waals surface area (Å²) in [6.45, 7) is 5.45. The van der Waals surface area contributed by atoms with E-state index in [1.165, 1.54) is 0 Å². The minimum absolute atomic E-state index is 0.0959. The Morgan fingerprint density at radius 3 is 2.68 bits per heavy atom. The van der Waals surface area contributed by atoms with Crippen molar-refractivity contribution in [3.8, 4) is 6.07 Å². The summed E-state index contributed by atoms with van der Waals surface area (Å²) in [4.78, 5) is 34.6. The molecule has 2 atom stereocenters. The summed E-state index contributed by atoms with van der Waals surface area (Å²) in [6, 6.07) is 1.19. The second kappa shape index (κ2) is 7.64. The van der Waals surface area contributed by atoms with Gasteiger partial charge in [-0.1, -0.05) is 0 Å². The molecule has 0 bridgehead atoms. The lowest BCUT2D eigenvalue weighted by Gasteiger charge is -2.20. The van der Waals surface area contributed by atoms with Crippen LogP contribution in [0, 0.1) is 17.2 Å². The standard InChI is InChI=1S/C14H22N4O4/c1-14(2,3)22-13(21)17-8-11(19)18-10(7-15)6-9-4-5-16-12(9)20/h9-10H,4-6,8H2,1-3H3,(H,16,20)(H,17,21)(H,18,19)/t9-,10-/m0/s1. The summed E-state index contributed by atoms with van der Waals surface area (Å²) in [7, 11) is 0. The number of alkyl carbamates (subject to hydrolysis) is 1. The van der Waals surface area contributed by atoms with Crippen LogP contribution < -0.4 is 16.0 Å². The van der Waals surface area contributed by atoms with Gasteiger partial charge in [-0.25, -0.2) is 4.79 Å². The van der Waals surface area contributed by atoms with Crippen molar-refractivity contribution in [2.24, 2.45) is 5.92 Å². The number of nitrogens with zero attached hydrogens (tertiary/aromatic N) is 1. The minimum Gasteiger partial charge on any atom is -0.444 e. The van der Waals surface area contributed by atoms with Gasteiger partial charge >= 0.3 is 6.09 Å². The molecule has 122 valence electrons. The number of amides is 3. The Kier molecular flexibility index (Phi) is 6.16. The second-order valence-corrected chi connectivity index (χ2v) is 6.12. The van der Waals surface area contributed by atoms with Crippen LogP contribution >= 0.6 is 0 Å². The molecule has 0 radical (unpaired) electrons. The van der Waals surface area contributed by atoms with E-state index in [1.54, 1.807) is 20.8 Å². The van der Waals surface area contributed by atoms with Gasteiger partial charge in [0.15, 0.2) is 0 Å². The third-order valence-corrected chi connectivity index (χ3v) is 2.97. The lowest BCUT2D eigenvalue weighted by atomic mass is 9.99. The molecule has 1 heterocycles. The predicted octanol–water partition coefficient (Wildman–Crippen LogP) is 0.0457. The maximum absolute atomic E-state index is 11.7. The SMILES string of the molecule is CC(C)(C)OC(=O)NCC(=O)N[C@H](C#N)C[C@@H]1CCNC1=O. The van der Waals surface area contributed by atoms with Crippen LogP contribution in [0.3, 0.4) is 0 Å². The average Bonchev–Trinajstić information content (AvgIpc) is 2.79. The van der Waals surface area contributed by atoms with E-state index >= 15 is 0 Å². The van der Waals surface area contributed by atoms with Crippen LogP contribution in [0.25, 0.3) is 0 Å². The van der Waals surface area contributed by atoms with Gasteiger partial charge < -0.3 is 20.7 Å². The molecule has 0 aliphatic carbocycles. The van der Waals surface area contributed by atoms with E-state index in [9.17, 15) is 14.4 Å². The second-order valence-electron chi connectivity index (χ2n) is 6.12. The van der Waals surface area contributed by atoms with Gasteiger partial charge in [0, 0.05) is 12.5 Å². The largest absolute Gasteiger partial charge is 0.444 e. The molecule has 0 aromatic heterocycles. The van der Waals surface area contributed by atoms with Gasteiger partial charge in [0.1, 0.15) is 18.2 Å². The van der Waals surface area contributed by atoms with Gasteiger partial charge in [-0.2, -0.15) is 5.26 Å². The van der Waals surface area contributed by atoms with E-state index in [-0.39, 0.29) is 24.8 Å². The summed E-state index contributed by atoms with van der Waals surface area (Å²) in [6.07, 6.45) is 0.218. The Balaban J connectivity index is 2.34. The van der Waals surface area contributed by atoms with Crippen LogP contribution in [-0.4, -0.2) is 42.6 Å². The third kappa shape index (κ3) is 6.43. The topological polar surface area (TPSA) is 120 Å². The zero-order valence-corrected chi connectivity index (χ0v) is 13.1. The first-order valence-corrected chi connectivity index (χ1v) is 7.15. The molecule has 22 heavy (non-hydrogen) atoms. The van der Waals surface area contributed by atoms with Crippen molar-refractivity contribution in [2.75, 3.05) is 13.1 Å². The van der Waals surface area contributed by atoms with E-state index in [0.29, 0.717) is 13.0 Å². The number of ether oxygens (including phenoxy) is 1. The smallest absolute Gasteiger partial charge is 0.408 e. The van der Waals surface area contributed by atoms with Crippen LogP contribution in [0.5, 0.6) is 0 Å². The van der Waals surface area contributed by atoms with Crippen molar-refractivity contribution >= 4 is 17.9 Å². The zero-order chi connectivity index (χ0) is 16.8. The van der Waals surface area contributed by atoms with Crippen molar-refractivity contribution in [2.45, 2.75) is 45.3 Å². The van der Waals surface area contributed by atoms with Crippen molar-refractivity contribution in [3.05, 3.63) is 0 Å². The fraction of sp³-hybridized carbons (Fsp3) is 0.714. The van der Waals surface area contributed by atoms with Crippen LogP contribution in [0.4, 0.5) is 4.79 Å². The average molecular weight is 310 g/mol. The number of rotatable bonds is 5. The highest BCUT2D eigenvalue weighted by molar-refractivity contribution is 5.83. The number of hydrogen-bond donors (Lipinski definition) is 3. The minimum atomic E-state index is -0.762. The Bertz CT molecular complexity index is 478. The Labute approximate surface area is 129 Å². The summed E-state index contributed by atoms with van der Waals surface area (Å²) in [5.74, 6) is -0.860. The molecule has 1 fully saturated rings. The van der Waals surface area contributed by atoms with Gasteiger partial charge in [-0.3, -0.25) is 9.59 Å². The monoisotopic (exact) mass is 310 g/mol. The first-order valence-electron chi connectivity index (χ1n) is 7.15. The first-order chi connectivity index (χ1) is 10.2. The van der Waals surface area contributed by atoms with Crippen LogP contribution in [0.1, 0.15) is 33.6 Å². The van der Waals surface area contributed by atoms with Crippen molar-refractivity contribution in [1.29, 1.82) is 5.26 Å². The molecule has 1 rings (SSSR count). The fourth-order valence-corrected chi connectivity index (χ4v) is 2.01. The molecule has 8 heteroatoms. The van der Waals surface area contributed by atoms with E-state index in [2.05, 4.69) is 16.0 Å². The molecular weight excluding hydrogens is 288 g/mol. The number of nitriles is 1. The molecule has 0 aromatic carbocycles. The summed E-state index contributed by atoms with van der Waals surface area (Å²) in [5, 5.41) is 16.5. The van der Waals surface area contributed by atoms with Gasteiger partial charge in [-0.15, -0.1) is 0 Å². The molecule has 8 nitrogen and oxygen atoms in total. The number of hydrogen-bond acceptors (Lipinski definition) is 5. The lowest BCUT2D eigenvalue weighted by molar-refractivity contribution is -0.124. The highest BCUT2D eigenvalue weighted by atomic mass is 16.6. The number of carbonyl (C=O) groups excluding carboxylic acids is 3. The van der Waals surface area contributed by atoms with Crippen molar-refractivity contribution < 1.29 is 19.1 Å². The van der Waals surface area contributed by atoms with Gasteiger partial charge in [0.05, 0.1) is 6.07 Å². The molecule has 1 saturated heterocycles. The highest BCUT2D eigenvalue weighted by Gasteiger charge is 2.28. The van der Waals surface area contributed by atoms with Gasteiger partial charge in [-0.05, 0) is 33.6 Å². The maximum Gasteiger partial charge on any atom is 0.408 e. The molecule has 1 aliphatic heterocycles. The fourth-order valence-electron chi connectivity index (χ4n) is 2.01. The van der Waals surface area contributed by atoms with Crippen molar-refractivity contribution in [3.63, 3.8) is 0 Å². The number of nitrogens with one attached hydrogen (secondary N) is 3. The Morgan fingerprint density at radius 1 is 1.50 bits per heavy atom. The molecule has 0 unspecified atom stereocenters. The quantitative estimate of drug-likeness (QED) is 0.662. The Morgan fingerprint density at radius 2 is 2.18 bits per heavy atom. The maximum atomic E-state index is 11.7. The third-order valence-electron chi connectivity index (χ3n) is 2.97. The van der Waals surface area contributed by atoms with Crippen molar-refractivity contribution in [1.82, 2.24) is 16.0 Å². The molecular formula is C14H22N4O4. The van der Waals surface area contributed by atoms with E-state index in [4.69, 9.17) is 10.00 Å². The van der Waals surface area contributed by atoms with Gasteiger partial charge in [0.2, 0.25) is 11.8 Å². The molecule has 0 spiro atoms. The lowest BCUT2D eigenvalue weighted by Crippen LogP contribution is -2.43. The molecule has 0 aromatic rings. The number of carbonyl (C=O) groups is 3. The Hall–Kier alpha value is -2.30. The van der Waals surface area contributed by atoms with Crippen LogP contribution in [-0.2, 0) is 14.3 Å². The van der Waals surface area contributed by atoms with Crippen LogP contribution in [0.2, 0.25) is 0 Å². The normalized spacial score (nSPS) is 18.8. The molecule has 1 aliphatic rings. The summed E-state index contributed by atoms with van der Waals surface area (Å²) >= 11 is 0. The molecule has 3 N–H and O–H groups in total. The van der Waals surface area contributed by atoms with E-state index in [0.717, 1.165) is 0 Å². The zero-order valence-electron chi connectivity index (χ0n) is 13.1. The summed E-state index contributed by atoms with van der Waals surface area (Å²) in [5.41, 5.74) is -0.647. The molecule has 0 saturated carbocycles. The van der Waals surface area contributed by atoms with Crippen LogP contribution in [0.15, 0.2) is 0 Å².